The van der Waals surface area contributed by atoms with Crippen LogP contribution in [0.4, 0.5) is 24.5 Å². The van der Waals surface area contributed by atoms with Crippen LogP contribution in [-0.4, -0.2) is 19.9 Å². The maximum atomic E-state index is 13.2. The Morgan fingerprint density at radius 1 is 1.00 bits per heavy atom. The summed E-state index contributed by atoms with van der Waals surface area (Å²) in [6.45, 7) is 4.36. The number of halogens is 3. The van der Waals surface area contributed by atoms with Crippen LogP contribution in [0, 0.1) is 4.91 Å². The molecule has 0 N–H and O–H groups in total. The fourth-order valence-corrected chi connectivity index (χ4v) is 5.19. The molecule has 3 aromatic rings. The molecule has 0 aromatic heterocycles. The molecule has 2 heterocycles. The summed E-state index contributed by atoms with van der Waals surface area (Å²) in [5, 5.41) is 3.03. The number of nitroso groups, excluding NO2 is 1. The van der Waals surface area contributed by atoms with Gasteiger partial charge in [-0.1, -0.05) is 12.1 Å². The van der Waals surface area contributed by atoms with Gasteiger partial charge in [-0.2, -0.15) is 13.2 Å². The van der Waals surface area contributed by atoms with E-state index in [2.05, 4.69) is 5.18 Å². The highest BCUT2D eigenvalue weighted by molar-refractivity contribution is 5.76. The maximum absolute atomic E-state index is 13.2. The van der Waals surface area contributed by atoms with Gasteiger partial charge in [0.25, 0.3) is 0 Å². The van der Waals surface area contributed by atoms with Crippen LogP contribution in [0.1, 0.15) is 36.1 Å². The minimum absolute atomic E-state index is 0.208. The fourth-order valence-electron chi connectivity index (χ4n) is 5.19. The molecule has 1 spiro atoms. The quantitative estimate of drug-likeness (QED) is 0.339. The summed E-state index contributed by atoms with van der Waals surface area (Å²) in [5.41, 5.74) is 0.941. The van der Waals surface area contributed by atoms with Crippen LogP contribution in [0.5, 0.6) is 17.2 Å². The van der Waals surface area contributed by atoms with Crippen LogP contribution in [0.2, 0.25) is 0 Å². The van der Waals surface area contributed by atoms with E-state index in [4.69, 9.17) is 14.2 Å². The van der Waals surface area contributed by atoms with E-state index in [-0.39, 0.29) is 12.2 Å². The van der Waals surface area contributed by atoms with Crippen molar-refractivity contribution in [1.82, 2.24) is 0 Å². The Bertz CT molecular complexity index is 1400. The summed E-state index contributed by atoms with van der Waals surface area (Å²) >= 11 is 0. The van der Waals surface area contributed by atoms with Crippen molar-refractivity contribution in [3.05, 3.63) is 87.8 Å². The summed E-state index contributed by atoms with van der Waals surface area (Å²) in [5.74, 6) is 1.48. The third kappa shape index (κ3) is 3.80. The lowest BCUT2D eigenvalue weighted by molar-refractivity contribution is -0.137. The predicted octanol–water partition coefficient (Wildman–Crippen LogP) is 7.22. The molecule has 0 saturated carbocycles. The number of ether oxygens (including phenoxy) is 3. The van der Waals surface area contributed by atoms with Gasteiger partial charge in [0.05, 0.1) is 25.2 Å². The van der Waals surface area contributed by atoms with Gasteiger partial charge in [-0.3, -0.25) is 0 Å². The van der Waals surface area contributed by atoms with Gasteiger partial charge < -0.3 is 19.1 Å². The lowest BCUT2D eigenvalue weighted by Gasteiger charge is -2.47. The van der Waals surface area contributed by atoms with E-state index in [0.717, 1.165) is 23.4 Å². The Morgan fingerprint density at radius 2 is 1.73 bits per heavy atom. The lowest BCUT2D eigenvalue weighted by atomic mass is 9.76. The van der Waals surface area contributed by atoms with Gasteiger partial charge >= 0.3 is 6.18 Å². The molecule has 0 amide bonds. The van der Waals surface area contributed by atoms with Gasteiger partial charge in [0, 0.05) is 23.9 Å². The topological polar surface area (TPSA) is 60.4 Å². The van der Waals surface area contributed by atoms with Gasteiger partial charge in [0.2, 0.25) is 5.72 Å². The van der Waals surface area contributed by atoms with Crippen molar-refractivity contribution < 1.29 is 27.4 Å². The van der Waals surface area contributed by atoms with Crippen molar-refractivity contribution in [1.29, 1.82) is 0 Å². The van der Waals surface area contributed by atoms with Crippen molar-refractivity contribution in [3.8, 4) is 17.2 Å². The van der Waals surface area contributed by atoms with Crippen molar-refractivity contribution in [3.63, 3.8) is 0 Å². The molecule has 0 bridgehead atoms. The molecule has 0 aliphatic carbocycles. The first-order valence-corrected chi connectivity index (χ1v) is 11.6. The summed E-state index contributed by atoms with van der Waals surface area (Å²) in [7, 11) is 3.08. The molecule has 9 heteroatoms. The number of hydrogen-bond donors (Lipinski definition) is 0. The third-order valence-electron chi connectivity index (χ3n) is 7.23. The number of nitrogens with zero attached hydrogens (tertiary/aromatic N) is 2. The molecule has 192 valence electrons. The molecule has 0 radical (unpaired) electrons. The molecular formula is C28H25F3N2O4. The molecule has 3 aromatic carbocycles. The average Bonchev–Trinajstić information content (AvgIpc) is 3.05. The Morgan fingerprint density at radius 3 is 2.35 bits per heavy atom. The highest BCUT2D eigenvalue weighted by atomic mass is 19.4. The van der Waals surface area contributed by atoms with Crippen molar-refractivity contribution in [2.75, 3.05) is 19.1 Å². The normalized spacial score (nSPS) is 19.3. The lowest BCUT2D eigenvalue weighted by Crippen LogP contribution is -2.59. The van der Waals surface area contributed by atoms with Crippen LogP contribution >= 0.6 is 0 Å². The van der Waals surface area contributed by atoms with Crippen LogP contribution in [-0.2, 0) is 18.1 Å². The SMILES string of the molecule is COc1ccc2c(c1)C(C)(C)C1(C=Cc3cc(N=O)cc(OC)c3O1)N2Cc1ccc(C(F)(F)F)cc1. The zero-order valence-corrected chi connectivity index (χ0v) is 20.7. The molecule has 5 rings (SSSR count). The van der Waals surface area contributed by atoms with Gasteiger partial charge in [0.1, 0.15) is 11.4 Å². The Kier molecular flexibility index (Phi) is 5.69. The van der Waals surface area contributed by atoms with Crippen LogP contribution < -0.4 is 19.1 Å². The van der Waals surface area contributed by atoms with Gasteiger partial charge in [-0.05, 0) is 78.7 Å². The van der Waals surface area contributed by atoms with E-state index in [9.17, 15) is 18.1 Å². The standard InChI is InChI=1S/C28H25F3N2O4/c1-26(2)22-15-21(35-3)9-10-23(22)33(16-17-5-7-19(8-6-17)28(29,30)31)27(26)12-11-18-13-20(32-34)14-24(36-4)25(18)37-27/h5-15H,16H2,1-4H3. The van der Waals surface area contributed by atoms with Crippen LogP contribution in [0.3, 0.4) is 0 Å². The number of fused-ring (bicyclic) bond motifs is 2. The first-order valence-electron chi connectivity index (χ1n) is 11.6. The van der Waals surface area contributed by atoms with Gasteiger partial charge in [-0.15, -0.1) is 4.91 Å². The van der Waals surface area contributed by atoms with E-state index in [0.29, 0.717) is 28.4 Å². The zero-order chi connectivity index (χ0) is 26.6. The molecule has 0 saturated heterocycles. The highest BCUT2D eigenvalue weighted by Gasteiger charge is 2.59. The minimum atomic E-state index is -4.41. The minimum Gasteiger partial charge on any atom is -0.497 e. The number of benzene rings is 3. The molecule has 2 aliphatic heterocycles. The molecule has 1 atom stereocenters. The molecule has 2 aliphatic rings. The maximum Gasteiger partial charge on any atom is 0.416 e. The largest absolute Gasteiger partial charge is 0.497 e. The predicted molar refractivity (Wildman–Crippen MR) is 134 cm³/mol. The summed E-state index contributed by atoms with van der Waals surface area (Å²) in [6, 6.07) is 14.0. The van der Waals surface area contributed by atoms with E-state index in [1.54, 1.807) is 13.2 Å². The Balaban J connectivity index is 1.65. The first-order chi connectivity index (χ1) is 17.5. The smallest absolute Gasteiger partial charge is 0.416 e. The van der Waals surface area contributed by atoms with Crippen molar-refractivity contribution in [2.45, 2.75) is 37.7 Å². The first kappa shape index (κ1) is 24.7. The average molecular weight is 511 g/mol. The second kappa shape index (κ2) is 8.54. The second-order valence-corrected chi connectivity index (χ2v) is 9.58. The van der Waals surface area contributed by atoms with Crippen molar-refractivity contribution >= 4 is 17.5 Å². The van der Waals surface area contributed by atoms with Crippen LogP contribution in [0.15, 0.2) is 65.9 Å². The molecule has 6 nitrogen and oxygen atoms in total. The number of hydrogen-bond acceptors (Lipinski definition) is 6. The fraction of sp³-hybridized carbons (Fsp3) is 0.286. The highest BCUT2D eigenvalue weighted by Crippen LogP contribution is 2.57. The van der Waals surface area contributed by atoms with E-state index in [1.165, 1.54) is 25.3 Å². The Hall–Kier alpha value is -4.01. The summed E-state index contributed by atoms with van der Waals surface area (Å²) < 4.78 is 57.3. The van der Waals surface area contributed by atoms with Crippen LogP contribution in [0.25, 0.3) is 6.08 Å². The Labute approximate surface area is 212 Å². The molecule has 1 unspecified atom stereocenters. The monoisotopic (exact) mass is 510 g/mol. The summed E-state index contributed by atoms with van der Waals surface area (Å²) in [6.07, 6.45) is -0.635. The number of alkyl halides is 3. The van der Waals surface area contributed by atoms with E-state index >= 15 is 0 Å². The van der Waals surface area contributed by atoms with Crippen molar-refractivity contribution in [2.24, 2.45) is 5.18 Å². The molecule has 0 fully saturated rings. The van der Waals surface area contributed by atoms with Gasteiger partial charge in [0.15, 0.2) is 11.5 Å². The molecule has 37 heavy (non-hydrogen) atoms. The summed E-state index contributed by atoms with van der Waals surface area (Å²) in [4.78, 5) is 13.2. The number of methoxy groups -OCH3 is 2. The van der Waals surface area contributed by atoms with E-state index < -0.39 is 22.9 Å². The molecular weight excluding hydrogens is 485 g/mol. The second-order valence-electron chi connectivity index (χ2n) is 9.58. The third-order valence-corrected chi connectivity index (χ3v) is 7.23. The number of anilines is 1. The van der Waals surface area contributed by atoms with E-state index in [1.807, 2.05) is 49.1 Å². The van der Waals surface area contributed by atoms with Gasteiger partial charge in [-0.25, -0.2) is 0 Å². The zero-order valence-electron chi connectivity index (χ0n) is 20.7. The number of rotatable bonds is 5.